The Morgan fingerprint density at radius 2 is 2.13 bits per heavy atom. The fourth-order valence-electron chi connectivity index (χ4n) is 1.50. The summed E-state index contributed by atoms with van der Waals surface area (Å²) in [7, 11) is 0. The molecule has 1 aromatic carbocycles. The molecule has 2 N–H and O–H groups in total. The molecule has 2 rings (SSSR count). The third-order valence-electron chi connectivity index (χ3n) is 2.28. The molecule has 1 aromatic heterocycles. The highest BCUT2D eigenvalue weighted by Crippen LogP contribution is 2.13. The summed E-state index contributed by atoms with van der Waals surface area (Å²) in [6.45, 7) is 0.381. The van der Waals surface area contributed by atoms with Crippen LogP contribution in [0.1, 0.15) is 16.8 Å². The first-order valence-corrected chi connectivity index (χ1v) is 4.89. The number of carbonyl (C=O) groups excluding carboxylic acids is 1. The largest absolute Gasteiger partial charge is 0.330 e. The maximum Gasteiger partial charge on any atom is 0.165 e. The highest BCUT2D eigenvalue weighted by Gasteiger charge is 2.05. The van der Waals surface area contributed by atoms with E-state index in [0.717, 1.165) is 10.9 Å². The first-order chi connectivity index (χ1) is 7.31. The molecule has 0 atom stereocenters. The molecule has 0 spiro atoms. The number of fused-ring (bicyclic) bond motifs is 1. The molecule has 0 aliphatic carbocycles. The molecular formula is C12H12N2O. The van der Waals surface area contributed by atoms with Gasteiger partial charge < -0.3 is 5.73 Å². The Morgan fingerprint density at radius 1 is 1.33 bits per heavy atom. The van der Waals surface area contributed by atoms with Crippen LogP contribution in [-0.4, -0.2) is 17.3 Å². The van der Waals surface area contributed by atoms with Gasteiger partial charge in [0.05, 0.1) is 5.52 Å². The number of pyridine rings is 1. The Hall–Kier alpha value is -1.74. The van der Waals surface area contributed by atoms with Gasteiger partial charge in [-0.25, -0.2) is 0 Å². The fourth-order valence-corrected chi connectivity index (χ4v) is 1.50. The van der Waals surface area contributed by atoms with Gasteiger partial charge in [0, 0.05) is 23.6 Å². The third-order valence-corrected chi connectivity index (χ3v) is 2.28. The molecule has 1 heterocycles. The van der Waals surface area contributed by atoms with Crippen molar-refractivity contribution in [2.75, 3.05) is 6.54 Å². The highest BCUT2D eigenvalue weighted by atomic mass is 16.1. The van der Waals surface area contributed by atoms with E-state index < -0.39 is 0 Å². The van der Waals surface area contributed by atoms with Crippen molar-refractivity contribution in [1.82, 2.24) is 4.98 Å². The maximum atomic E-state index is 11.6. The van der Waals surface area contributed by atoms with E-state index in [9.17, 15) is 4.79 Å². The number of benzene rings is 1. The average Bonchev–Trinajstić information content (AvgIpc) is 2.29. The first kappa shape index (κ1) is 9.80. The number of hydrogen-bond acceptors (Lipinski definition) is 3. The lowest BCUT2D eigenvalue weighted by molar-refractivity contribution is 0.0985. The van der Waals surface area contributed by atoms with Crippen molar-refractivity contribution >= 4 is 16.7 Å². The van der Waals surface area contributed by atoms with Crippen LogP contribution in [0.3, 0.4) is 0 Å². The first-order valence-electron chi connectivity index (χ1n) is 4.89. The second-order valence-corrected chi connectivity index (χ2v) is 3.38. The number of hydrogen-bond donors (Lipinski definition) is 1. The van der Waals surface area contributed by atoms with E-state index in [-0.39, 0.29) is 5.78 Å². The summed E-state index contributed by atoms with van der Waals surface area (Å²) < 4.78 is 0. The van der Waals surface area contributed by atoms with Gasteiger partial charge in [0.2, 0.25) is 0 Å². The fraction of sp³-hybridized carbons (Fsp3) is 0.167. The van der Waals surface area contributed by atoms with Crippen molar-refractivity contribution in [3.63, 3.8) is 0 Å². The van der Waals surface area contributed by atoms with Crippen LogP contribution in [0.15, 0.2) is 36.5 Å². The minimum atomic E-state index is 0.0516. The van der Waals surface area contributed by atoms with Crippen LogP contribution in [0.2, 0.25) is 0 Å². The number of ketones is 1. The second-order valence-electron chi connectivity index (χ2n) is 3.38. The summed E-state index contributed by atoms with van der Waals surface area (Å²) in [6.07, 6.45) is 1.99. The molecule has 3 nitrogen and oxygen atoms in total. The lowest BCUT2D eigenvalue weighted by atomic mass is 10.1. The zero-order chi connectivity index (χ0) is 10.7. The molecule has 3 heteroatoms. The Kier molecular flexibility index (Phi) is 2.74. The maximum absolute atomic E-state index is 11.6. The predicted molar refractivity (Wildman–Crippen MR) is 59.7 cm³/mol. The number of rotatable bonds is 3. The van der Waals surface area contributed by atoms with Crippen LogP contribution in [0, 0.1) is 0 Å². The molecular weight excluding hydrogens is 188 g/mol. The Balaban J connectivity index is 2.42. The van der Waals surface area contributed by atoms with Crippen LogP contribution in [0.5, 0.6) is 0 Å². The van der Waals surface area contributed by atoms with E-state index in [1.54, 1.807) is 6.20 Å². The average molecular weight is 200 g/mol. The van der Waals surface area contributed by atoms with Crippen molar-refractivity contribution in [3.8, 4) is 0 Å². The summed E-state index contributed by atoms with van der Waals surface area (Å²) >= 11 is 0. The number of nitrogens with zero attached hydrogens (tertiary/aromatic N) is 1. The monoisotopic (exact) mass is 200 g/mol. The molecule has 76 valence electrons. The minimum absolute atomic E-state index is 0.0516. The number of para-hydroxylation sites is 1. The highest BCUT2D eigenvalue weighted by molar-refractivity contribution is 5.98. The van der Waals surface area contributed by atoms with Gasteiger partial charge in [-0.05, 0) is 18.7 Å². The van der Waals surface area contributed by atoms with Gasteiger partial charge in [-0.3, -0.25) is 9.78 Å². The van der Waals surface area contributed by atoms with E-state index in [4.69, 9.17) is 5.73 Å². The van der Waals surface area contributed by atoms with E-state index in [2.05, 4.69) is 4.98 Å². The van der Waals surface area contributed by atoms with Crippen LogP contribution >= 0.6 is 0 Å². The SMILES string of the molecule is NCCC(=O)c1cnc2ccccc2c1. The van der Waals surface area contributed by atoms with Crippen LogP contribution in [0.25, 0.3) is 10.9 Å². The Bertz CT molecular complexity index is 494. The molecule has 0 fully saturated rings. The van der Waals surface area contributed by atoms with Crippen molar-refractivity contribution in [2.45, 2.75) is 6.42 Å². The molecule has 0 aliphatic rings. The molecule has 0 bridgehead atoms. The predicted octanol–water partition coefficient (Wildman–Crippen LogP) is 1.77. The van der Waals surface area contributed by atoms with E-state index in [0.29, 0.717) is 18.5 Å². The summed E-state index contributed by atoms with van der Waals surface area (Å²) in [4.78, 5) is 15.8. The van der Waals surface area contributed by atoms with Crippen molar-refractivity contribution in [2.24, 2.45) is 5.73 Å². The Labute approximate surface area is 87.9 Å². The quantitative estimate of drug-likeness (QED) is 0.768. The zero-order valence-electron chi connectivity index (χ0n) is 8.31. The topological polar surface area (TPSA) is 56.0 Å². The van der Waals surface area contributed by atoms with Crippen molar-refractivity contribution in [3.05, 3.63) is 42.1 Å². The molecule has 0 saturated carbocycles. The van der Waals surface area contributed by atoms with E-state index in [1.807, 2.05) is 30.3 Å². The lowest BCUT2D eigenvalue weighted by Crippen LogP contribution is -2.08. The molecule has 0 radical (unpaired) electrons. The Morgan fingerprint density at radius 3 is 2.93 bits per heavy atom. The molecule has 0 aliphatic heterocycles. The van der Waals surface area contributed by atoms with Crippen LogP contribution in [0.4, 0.5) is 0 Å². The molecule has 0 saturated heterocycles. The van der Waals surface area contributed by atoms with Gasteiger partial charge in [0.1, 0.15) is 0 Å². The van der Waals surface area contributed by atoms with E-state index in [1.165, 1.54) is 0 Å². The van der Waals surface area contributed by atoms with Gasteiger partial charge in [0.15, 0.2) is 5.78 Å². The van der Waals surface area contributed by atoms with Crippen LogP contribution in [-0.2, 0) is 0 Å². The normalized spacial score (nSPS) is 10.5. The van der Waals surface area contributed by atoms with Crippen LogP contribution < -0.4 is 5.73 Å². The zero-order valence-corrected chi connectivity index (χ0v) is 8.31. The van der Waals surface area contributed by atoms with Gasteiger partial charge in [0.25, 0.3) is 0 Å². The molecule has 0 unspecified atom stereocenters. The summed E-state index contributed by atoms with van der Waals surface area (Å²) in [6, 6.07) is 9.59. The standard InChI is InChI=1S/C12H12N2O/c13-6-5-12(15)10-7-9-3-1-2-4-11(9)14-8-10/h1-4,7-8H,5-6,13H2. The molecule has 15 heavy (non-hydrogen) atoms. The number of aromatic nitrogens is 1. The minimum Gasteiger partial charge on any atom is -0.330 e. The summed E-state index contributed by atoms with van der Waals surface area (Å²) in [5, 5.41) is 0.986. The third kappa shape index (κ3) is 2.02. The summed E-state index contributed by atoms with van der Waals surface area (Å²) in [5.41, 5.74) is 6.88. The van der Waals surface area contributed by atoms with Gasteiger partial charge in [-0.1, -0.05) is 18.2 Å². The number of nitrogens with two attached hydrogens (primary N) is 1. The van der Waals surface area contributed by atoms with Gasteiger partial charge >= 0.3 is 0 Å². The van der Waals surface area contributed by atoms with Crippen molar-refractivity contribution in [1.29, 1.82) is 0 Å². The van der Waals surface area contributed by atoms with E-state index >= 15 is 0 Å². The molecule has 2 aromatic rings. The summed E-state index contributed by atoms with van der Waals surface area (Å²) in [5.74, 6) is 0.0516. The van der Waals surface area contributed by atoms with Gasteiger partial charge in [-0.15, -0.1) is 0 Å². The van der Waals surface area contributed by atoms with Crippen molar-refractivity contribution < 1.29 is 4.79 Å². The molecule has 0 amide bonds. The second kappa shape index (κ2) is 4.19. The van der Waals surface area contributed by atoms with Gasteiger partial charge in [-0.2, -0.15) is 0 Å². The number of Topliss-reactive ketones (excluding diaryl/α,β-unsaturated/α-hetero) is 1. The lowest BCUT2D eigenvalue weighted by Gasteiger charge is -2.01. The smallest absolute Gasteiger partial charge is 0.165 e. The number of carbonyl (C=O) groups is 1.